The minimum absolute atomic E-state index is 0.0942. The van der Waals surface area contributed by atoms with Gasteiger partial charge in [0.25, 0.3) is 5.91 Å². The van der Waals surface area contributed by atoms with Crippen molar-refractivity contribution in [1.82, 2.24) is 10.2 Å². The van der Waals surface area contributed by atoms with E-state index in [9.17, 15) is 14.0 Å². The van der Waals surface area contributed by atoms with Gasteiger partial charge in [0.1, 0.15) is 11.6 Å². The first kappa shape index (κ1) is 22.5. The molecule has 0 aliphatic heterocycles. The Balaban J connectivity index is 1.63. The van der Waals surface area contributed by atoms with Gasteiger partial charge < -0.3 is 15.1 Å². The van der Waals surface area contributed by atoms with Crippen LogP contribution in [0.5, 0.6) is 0 Å². The van der Waals surface area contributed by atoms with E-state index in [-0.39, 0.29) is 28.9 Å². The van der Waals surface area contributed by atoms with Crippen molar-refractivity contribution >= 4 is 29.1 Å². The van der Waals surface area contributed by atoms with Crippen LogP contribution in [0.3, 0.4) is 0 Å². The van der Waals surface area contributed by atoms with E-state index in [0.29, 0.717) is 25.2 Å². The summed E-state index contributed by atoms with van der Waals surface area (Å²) in [5, 5.41) is 5.43. The van der Waals surface area contributed by atoms with Gasteiger partial charge in [0.05, 0.1) is 18.5 Å². The van der Waals surface area contributed by atoms with Crippen LogP contribution in [0.2, 0.25) is 5.02 Å². The van der Waals surface area contributed by atoms with Crippen LogP contribution in [0.25, 0.3) is 0 Å². The van der Waals surface area contributed by atoms with Crippen LogP contribution in [-0.2, 0) is 17.9 Å². The molecule has 0 spiro atoms. The summed E-state index contributed by atoms with van der Waals surface area (Å²) in [6.45, 7) is 1.49. The lowest BCUT2D eigenvalue weighted by Crippen LogP contribution is -2.27. The van der Waals surface area contributed by atoms with E-state index < -0.39 is 5.82 Å². The van der Waals surface area contributed by atoms with Gasteiger partial charge in [0.2, 0.25) is 5.91 Å². The minimum Gasteiger partial charge on any atom is -0.468 e. The molecule has 0 fully saturated rings. The third-order valence-corrected chi connectivity index (χ3v) is 4.90. The number of benzene rings is 2. The second kappa shape index (κ2) is 10.7. The molecule has 0 saturated heterocycles. The molecule has 0 saturated carbocycles. The minimum atomic E-state index is -0.579. The number of hydrogen-bond donors (Lipinski definition) is 2. The van der Waals surface area contributed by atoms with Gasteiger partial charge in [-0.3, -0.25) is 14.5 Å². The molecule has 31 heavy (non-hydrogen) atoms. The molecule has 3 aromatic rings. The predicted octanol–water partition coefficient (Wildman–Crippen LogP) is 4.46. The molecule has 6 nitrogen and oxygen atoms in total. The molecule has 8 heteroatoms. The maximum atomic E-state index is 13.9. The van der Waals surface area contributed by atoms with Crippen molar-refractivity contribution in [1.29, 1.82) is 0 Å². The number of nitrogens with one attached hydrogen (secondary N) is 2. The number of nitrogens with zero attached hydrogens (tertiary/aromatic N) is 1. The highest BCUT2D eigenvalue weighted by Gasteiger charge is 2.14. The molecular weight excluding hydrogens is 421 g/mol. The van der Waals surface area contributed by atoms with E-state index in [1.54, 1.807) is 25.4 Å². The summed E-state index contributed by atoms with van der Waals surface area (Å²) in [6, 6.07) is 15.1. The van der Waals surface area contributed by atoms with Gasteiger partial charge in [0.15, 0.2) is 0 Å². The summed E-state index contributed by atoms with van der Waals surface area (Å²) >= 11 is 5.75. The van der Waals surface area contributed by atoms with Crippen LogP contribution in [0, 0.1) is 5.82 Å². The monoisotopic (exact) mass is 443 g/mol. The van der Waals surface area contributed by atoms with E-state index in [2.05, 4.69) is 10.6 Å². The SMILES string of the molecule is CNC(=O)c1ccc(CN(CCC(=O)Nc2ccc(Cl)cc2F)Cc2ccco2)cc1. The first-order valence-electron chi connectivity index (χ1n) is 9.75. The molecule has 0 radical (unpaired) electrons. The summed E-state index contributed by atoms with van der Waals surface area (Å²) < 4.78 is 19.4. The van der Waals surface area contributed by atoms with E-state index in [4.69, 9.17) is 16.0 Å². The van der Waals surface area contributed by atoms with Crippen molar-refractivity contribution < 1.29 is 18.4 Å². The quantitative estimate of drug-likeness (QED) is 0.512. The third kappa shape index (κ3) is 6.67. The lowest BCUT2D eigenvalue weighted by atomic mass is 10.1. The van der Waals surface area contributed by atoms with Crippen LogP contribution < -0.4 is 10.6 Å². The largest absolute Gasteiger partial charge is 0.468 e. The molecule has 0 bridgehead atoms. The average molecular weight is 444 g/mol. The van der Waals surface area contributed by atoms with Crippen LogP contribution in [0.1, 0.15) is 28.1 Å². The zero-order valence-electron chi connectivity index (χ0n) is 17.0. The Bertz CT molecular complexity index is 1020. The van der Waals surface area contributed by atoms with Crippen molar-refractivity contribution in [3.05, 3.63) is 88.6 Å². The van der Waals surface area contributed by atoms with Crippen LogP contribution in [0.15, 0.2) is 65.3 Å². The Hall–Kier alpha value is -3.16. The second-order valence-corrected chi connectivity index (χ2v) is 7.42. The fraction of sp³-hybridized carbons (Fsp3) is 0.217. The van der Waals surface area contributed by atoms with Crippen molar-refractivity contribution in [2.45, 2.75) is 19.5 Å². The second-order valence-electron chi connectivity index (χ2n) is 6.99. The van der Waals surface area contributed by atoms with E-state index in [1.165, 1.54) is 12.1 Å². The maximum Gasteiger partial charge on any atom is 0.251 e. The zero-order chi connectivity index (χ0) is 22.2. The fourth-order valence-electron chi connectivity index (χ4n) is 3.06. The maximum absolute atomic E-state index is 13.9. The molecule has 2 N–H and O–H groups in total. The number of anilines is 1. The standard InChI is InChI=1S/C23H23ClFN3O3/c1-26-23(30)17-6-4-16(5-7-17)14-28(15-19-3-2-12-31-19)11-10-22(29)27-21-9-8-18(24)13-20(21)25/h2-9,12-13H,10-11,14-15H2,1H3,(H,26,30)(H,27,29). The highest BCUT2D eigenvalue weighted by Crippen LogP contribution is 2.19. The van der Waals surface area contributed by atoms with E-state index >= 15 is 0 Å². The molecule has 2 aromatic carbocycles. The predicted molar refractivity (Wildman–Crippen MR) is 117 cm³/mol. The van der Waals surface area contributed by atoms with Gasteiger partial charge in [-0.1, -0.05) is 23.7 Å². The van der Waals surface area contributed by atoms with Gasteiger partial charge in [-0.05, 0) is 48.0 Å². The van der Waals surface area contributed by atoms with Crippen molar-refractivity contribution in [2.24, 2.45) is 0 Å². The Labute approximate surface area is 185 Å². The van der Waals surface area contributed by atoms with Gasteiger partial charge in [-0.2, -0.15) is 0 Å². The third-order valence-electron chi connectivity index (χ3n) is 4.67. The number of rotatable bonds is 9. The van der Waals surface area contributed by atoms with Crippen molar-refractivity contribution in [3.63, 3.8) is 0 Å². The smallest absolute Gasteiger partial charge is 0.251 e. The van der Waals surface area contributed by atoms with Gasteiger partial charge in [0, 0.05) is 37.1 Å². The average Bonchev–Trinajstić information content (AvgIpc) is 3.27. The molecule has 162 valence electrons. The number of carbonyl (C=O) groups excluding carboxylic acids is 2. The molecule has 0 unspecified atom stereocenters. The Kier molecular flexibility index (Phi) is 7.81. The topological polar surface area (TPSA) is 74.6 Å². The van der Waals surface area contributed by atoms with Crippen molar-refractivity contribution in [2.75, 3.05) is 18.9 Å². The summed E-state index contributed by atoms with van der Waals surface area (Å²) in [7, 11) is 1.59. The van der Waals surface area contributed by atoms with Crippen LogP contribution >= 0.6 is 11.6 Å². The molecular formula is C23H23ClFN3O3. The normalized spacial score (nSPS) is 10.8. The highest BCUT2D eigenvalue weighted by atomic mass is 35.5. The van der Waals surface area contributed by atoms with Crippen molar-refractivity contribution in [3.8, 4) is 0 Å². The Morgan fingerprint density at radius 3 is 2.52 bits per heavy atom. The Morgan fingerprint density at radius 1 is 1.10 bits per heavy atom. The molecule has 3 rings (SSSR count). The lowest BCUT2D eigenvalue weighted by Gasteiger charge is -2.21. The summed E-state index contributed by atoms with van der Waals surface area (Å²) in [5.74, 6) is -0.263. The summed E-state index contributed by atoms with van der Waals surface area (Å²) in [5.41, 5.74) is 1.66. The number of hydrogen-bond acceptors (Lipinski definition) is 4. The van der Waals surface area contributed by atoms with Gasteiger partial charge >= 0.3 is 0 Å². The van der Waals surface area contributed by atoms with Gasteiger partial charge in [-0.25, -0.2) is 4.39 Å². The number of halogens is 2. The summed E-state index contributed by atoms with van der Waals surface area (Å²) in [6.07, 6.45) is 1.76. The summed E-state index contributed by atoms with van der Waals surface area (Å²) in [4.78, 5) is 26.1. The molecule has 0 aliphatic rings. The number of carbonyl (C=O) groups is 2. The molecule has 1 aromatic heterocycles. The Morgan fingerprint density at radius 2 is 1.87 bits per heavy atom. The van der Waals surface area contributed by atoms with E-state index in [1.807, 2.05) is 29.2 Å². The van der Waals surface area contributed by atoms with Crippen LogP contribution in [-0.4, -0.2) is 30.3 Å². The lowest BCUT2D eigenvalue weighted by molar-refractivity contribution is -0.116. The first-order chi connectivity index (χ1) is 14.9. The fourth-order valence-corrected chi connectivity index (χ4v) is 3.22. The molecule has 2 amide bonds. The van der Waals surface area contributed by atoms with E-state index in [0.717, 1.165) is 17.4 Å². The molecule has 0 aliphatic carbocycles. The van der Waals surface area contributed by atoms with Crippen LogP contribution in [0.4, 0.5) is 10.1 Å². The first-order valence-corrected chi connectivity index (χ1v) is 10.1. The van der Waals surface area contributed by atoms with Gasteiger partial charge in [-0.15, -0.1) is 0 Å². The number of amides is 2. The zero-order valence-corrected chi connectivity index (χ0v) is 17.8. The number of furan rings is 1. The highest BCUT2D eigenvalue weighted by molar-refractivity contribution is 6.30. The molecule has 1 heterocycles. The molecule has 0 atom stereocenters.